The van der Waals surface area contributed by atoms with Crippen LogP contribution in [-0.4, -0.2) is 4.40 Å². The third-order valence-corrected chi connectivity index (χ3v) is 18.3. The number of anilines is 6. The summed E-state index contributed by atoms with van der Waals surface area (Å²) in [5.74, 6) is 0. The van der Waals surface area contributed by atoms with Gasteiger partial charge in [-0.15, -0.1) is 0 Å². The Morgan fingerprint density at radius 1 is 0.264 bits per heavy atom. The molecule has 0 fully saturated rings. The Kier molecular flexibility index (Phi) is 9.90. The molecule has 0 amide bonds. The molecule has 0 aliphatic rings. The zero-order valence-electron chi connectivity index (χ0n) is 47.3. The molecule has 19 aromatic rings. The Morgan fingerprint density at radius 3 is 1.03 bits per heavy atom. The van der Waals surface area contributed by atoms with E-state index in [0.717, 1.165) is 193 Å². The van der Waals surface area contributed by atoms with E-state index < -0.39 is 0 Å². The number of benzene rings is 13. The molecular weight excluding hydrogens is 1070 g/mol. The lowest BCUT2D eigenvalue weighted by atomic mass is 9.97. The molecule has 0 radical (unpaired) electrons. The minimum Gasteiger partial charge on any atom is -0.454 e. The van der Waals surface area contributed by atoms with Crippen LogP contribution in [0.4, 0.5) is 34.1 Å². The van der Waals surface area contributed by atoms with Gasteiger partial charge in [0, 0.05) is 75.8 Å². The van der Waals surface area contributed by atoms with Crippen molar-refractivity contribution in [2.45, 2.75) is 13.8 Å². The molecule has 0 aliphatic carbocycles. The summed E-state index contributed by atoms with van der Waals surface area (Å²) >= 11 is 0. The second-order valence-electron chi connectivity index (χ2n) is 23.1. The van der Waals surface area contributed by atoms with Crippen molar-refractivity contribution in [1.82, 2.24) is 4.40 Å². The average molecular weight is 1120 g/mol. The zero-order chi connectivity index (χ0) is 57.2. The number of nitrogens with zero attached hydrogens (tertiary/aromatic N) is 3. The van der Waals surface area contributed by atoms with Crippen LogP contribution in [0.1, 0.15) is 11.1 Å². The summed E-state index contributed by atoms with van der Waals surface area (Å²) in [6.45, 7) is 4.41. The van der Waals surface area contributed by atoms with Crippen molar-refractivity contribution in [1.29, 1.82) is 0 Å². The molecule has 19 rings (SSSR count). The molecule has 0 saturated carbocycles. The van der Waals surface area contributed by atoms with E-state index in [1.807, 2.05) is 0 Å². The SMILES string of the molecule is Cc1ccc2c(oc3ccccc32)c1N(c1ccccc1-c1ccccc1)c1cc2c3ccccc3oc2c2c1c1cccc3c4c(N(c5ccccc5-c5ccccc5)c5c(C)ccc6c5oc5ccccc56)cc5c6ccccc6oc5c4n2c13. The highest BCUT2D eigenvalue weighted by atomic mass is 16.3. The number of furan rings is 4. The number of hydrogen-bond acceptors (Lipinski definition) is 6. The summed E-state index contributed by atoms with van der Waals surface area (Å²) in [6, 6.07) is 93.2. The Bertz CT molecular complexity index is 5690. The number of para-hydroxylation sites is 7. The predicted octanol–water partition coefficient (Wildman–Crippen LogP) is 23.3. The Morgan fingerprint density at radius 2 is 0.609 bits per heavy atom. The highest BCUT2D eigenvalue weighted by Crippen LogP contribution is 2.58. The van der Waals surface area contributed by atoms with E-state index in [4.69, 9.17) is 17.7 Å². The third kappa shape index (κ3) is 6.65. The number of hydrogen-bond donors (Lipinski definition) is 0. The topological polar surface area (TPSA) is 63.5 Å². The predicted molar refractivity (Wildman–Crippen MR) is 360 cm³/mol. The molecule has 6 heterocycles. The van der Waals surface area contributed by atoms with Crippen molar-refractivity contribution < 1.29 is 17.7 Å². The van der Waals surface area contributed by atoms with Gasteiger partial charge in [-0.2, -0.15) is 0 Å². The first-order valence-corrected chi connectivity index (χ1v) is 29.7. The van der Waals surface area contributed by atoms with E-state index in [1.54, 1.807) is 0 Å². The standard InChI is InChI=1S/C80H49N3O4/c1-46-40-42-56-52-28-11-17-36-66(52)84-77(56)72(46)81(62-34-15-9-26-50(62)48-22-5-3-6-23-48)64-44-60-54-30-13-19-38-68(54)86-79(60)75-70(64)58-32-21-33-59-71-65(45-61-55-31-14-20-39-69(55)87-80(61)76(71)83(75)74(58)59)82(63-35-16-10-27-51(63)49-24-7-4-8-25-49)73-47(2)41-43-57-53-29-12-18-37-67(53)85-78(57)73/h3-45H,1-2H3. The van der Waals surface area contributed by atoms with E-state index in [9.17, 15) is 0 Å². The molecule has 0 saturated heterocycles. The molecule has 0 atom stereocenters. The molecule has 0 N–H and O–H groups in total. The average Bonchev–Trinajstić information content (AvgIpc) is 2.24. The minimum atomic E-state index is 0.781. The van der Waals surface area contributed by atoms with Gasteiger partial charge >= 0.3 is 0 Å². The Labute approximate surface area is 497 Å². The minimum absolute atomic E-state index is 0.781. The van der Waals surface area contributed by atoms with Crippen molar-refractivity contribution in [2.24, 2.45) is 0 Å². The van der Waals surface area contributed by atoms with Crippen LogP contribution in [0.25, 0.3) is 148 Å². The van der Waals surface area contributed by atoms with Gasteiger partial charge in [-0.1, -0.05) is 212 Å². The van der Waals surface area contributed by atoms with Crippen LogP contribution >= 0.6 is 0 Å². The fourth-order valence-electron chi connectivity index (χ4n) is 14.6. The lowest BCUT2D eigenvalue weighted by Crippen LogP contribution is -2.14. The third-order valence-electron chi connectivity index (χ3n) is 18.3. The van der Waals surface area contributed by atoms with Gasteiger partial charge in [0.05, 0.1) is 39.6 Å². The monoisotopic (exact) mass is 1120 g/mol. The Hall–Kier alpha value is -11.5. The summed E-state index contributed by atoms with van der Waals surface area (Å²) in [5, 5.41) is 12.4. The first kappa shape index (κ1) is 47.9. The van der Waals surface area contributed by atoms with Gasteiger partial charge in [-0.3, -0.25) is 0 Å². The van der Waals surface area contributed by atoms with Crippen LogP contribution in [0.15, 0.2) is 279 Å². The summed E-state index contributed by atoms with van der Waals surface area (Å²) in [6.07, 6.45) is 0. The molecule has 408 valence electrons. The van der Waals surface area contributed by atoms with E-state index in [2.05, 4.69) is 289 Å². The first-order chi connectivity index (χ1) is 43.0. The summed E-state index contributed by atoms with van der Waals surface area (Å²) in [4.78, 5) is 4.97. The maximum atomic E-state index is 7.38. The molecule has 0 spiro atoms. The van der Waals surface area contributed by atoms with E-state index in [0.29, 0.717) is 0 Å². The maximum Gasteiger partial charge on any atom is 0.160 e. The maximum absolute atomic E-state index is 7.38. The molecular formula is C80H49N3O4. The fraction of sp³-hybridized carbons (Fsp3) is 0.0250. The first-order valence-electron chi connectivity index (χ1n) is 29.7. The van der Waals surface area contributed by atoms with Crippen molar-refractivity contribution in [3.05, 3.63) is 272 Å². The van der Waals surface area contributed by atoms with Crippen LogP contribution < -0.4 is 9.80 Å². The van der Waals surface area contributed by atoms with E-state index >= 15 is 0 Å². The number of aryl methyl sites for hydroxylation is 2. The molecule has 7 heteroatoms. The number of fused-ring (bicyclic) bond motifs is 20. The van der Waals surface area contributed by atoms with Gasteiger partial charge in [-0.25, -0.2) is 0 Å². The summed E-state index contributed by atoms with van der Waals surface area (Å²) in [7, 11) is 0. The van der Waals surface area contributed by atoms with E-state index in [-0.39, 0.29) is 0 Å². The van der Waals surface area contributed by atoms with Crippen molar-refractivity contribution in [3.8, 4) is 22.3 Å². The largest absolute Gasteiger partial charge is 0.454 e. The second kappa shape index (κ2) is 18.0. The lowest BCUT2D eigenvalue weighted by Gasteiger charge is -2.30. The number of aromatic nitrogens is 1. The van der Waals surface area contributed by atoms with Crippen LogP contribution in [0.3, 0.4) is 0 Å². The van der Waals surface area contributed by atoms with Gasteiger partial charge in [-0.05, 0) is 84.6 Å². The Balaban J connectivity index is 1.03. The number of rotatable bonds is 8. The van der Waals surface area contributed by atoms with Gasteiger partial charge in [0.25, 0.3) is 0 Å². The molecule has 7 nitrogen and oxygen atoms in total. The molecule has 0 unspecified atom stereocenters. The summed E-state index contributed by atoms with van der Waals surface area (Å²) in [5.41, 5.74) is 21.8. The van der Waals surface area contributed by atoms with E-state index in [1.165, 1.54) is 0 Å². The zero-order valence-corrected chi connectivity index (χ0v) is 47.3. The van der Waals surface area contributed by atoms with Crippen LogP contribution in [-0.2, 0) is 0 Å². The quantitative estimate of drug-likeness (QED) is 0.151. The highest BCUT2D eigenvalue weighted by molar-refractivity contribution is 6.37. The highest BCUT2D eigenvalue weighted by Gasteiger charge is 2.35. The fourth-order valence-corrected chi connectivity index (χ4v) is 14.6. The van der Waals surface area contributed by atoms with Gasteiger partial charge in [0.15, 0.2) is 22.3 Å². The normalized spacial score (nSPS) is 12.3. The molecule has 87 heavy (non-hydrogen) atoms. The molecule has 13 aromatic carbocycles. The van der Waals surface area contributed by atoms with Crippen LogP contribution in [0, 0.1) is 13.8 Å². The molecule has 0 bridgehead atoms. The van der Waals surface area contributed by atoms with Gasteiger partial charge in [0.1, 0.15) is 33.4 Å². The van der Waals surface area contributed by atoms with Crippen molar-refractivity contribution >= 4 is 160 Å². The summed E-state index contributed by atoms with van der Waals surface area (Å²) < 4.78 is 31.5. The lowest BCUT2D eigenvalue weighted by molar-refractivity contribution is 0.668. The smallest absolute Gasteiger partial charge is 0.160 e. The van der Waals surface area contributed by atoms with Crippen molar-refractivity contribution in [2.75, 3.05) is 9.80 Å². The van der Waals surface area contributed by atoms with Gasteiger partial charge < -0.3 is 31.9 Å². The molecule has 0 aliphatic heterocycles. The van der Waals surface area contributed by atoms with Crippen LogP contribution in [0.5, 0.6) is 0 Å². The van der Waals surface area contributed by atoms with Crippen molar-refractivity contribution in [3.63, 3.8) is 0 Å². The van der Waals surface area contributed by atoms with Gasteiger partial charge in [0.2, 0.25) is 0 Å². The van der Waals surface area contributed by atoms with Crippen LogP contribution in [0.2, 0.25) is 0 Å². The molecule has 6 aromatic heterocycles. The second-order valence-corrected chi connectivity index (χ2v) is 23.1.